The lowest BCUT2D eigenvalue weighted by atomic mass is 10.0. The number of aliphatic hydroxyl groups excluding tert-OH is 1. The van der Waals surface area contributed by atoms with Gasteiger partial charge in [-0.2, -0.15) is 0 Å². The maximum atomic E-state index is 12.3. The number of carbonyl (C=O) groups is 3. The number of phosphoric acid groups is 1. The van der Waals surface area contributed by atoms with Gasteiger partial charge in [0.1, 0.15) is 12.7 Å². The number of carbonyl (C=O) groups excluding carboxylic acids is 2. The minimum absolute atomic E-state index is 0.144. The lowest BCUT2D eigenvalue weighted by Gasteiger charge is -2.18. The molecule has 4 N–H and O–H groups in total. The Morgan fingerprint density at radius 3 is 1.41 bits per heavy atom. The van der Waals surface area contributed by atoms with Gasteiger partial charge in [-0.25, -0.2) is 9.36 Å². The Morgan fingerprint density at radius 1 is 0.574 bits per heavy atom. The van der Waals surface area contributed by atoms with Crippen molar-refractivity contribution in [2.45, 2.75) is 219 Å². The zero-order valence-corrected chi connectivity index (χ0v) is 35.2. The van der Waals surface area contributed by atoms with Crippen molar-refractivity contribution in [3.05, 3.63) is 12.2 Å². The summed E-state index contributed by atoms with van der Waals surface area (Å²) in [6, 6.07) is -1.54. The van der Waals surface area contributed by atoms with Gasteiger partial charge in [0.05, 0.1) is 13.2 Å². The quantitative estimate of drug-likeness (QED) is 0.0202. The van der Waals surface area contributed by atoms with E-state index in [1.165, 1.54) is 116 Å². The highest BCUT2D eigenvalue weighted by molar-refractivity contribution is 7.47. The number of nitrogens with one attached hydrogen (secondary N) is 1. The van der Waals surface area contributed by atoms with E-state index < -0.39 is 57.6 Å². The first-order valence-corrected chi connectivity index (χ1v) is 23.2. The molecule has 0 saturated carbocycles. The molecule has 3 atom stereocenters. The largest absolute Gasteiger partial charge is 0.480 e. The van der Waals surface area contributed by atoms with E-state index in [1.54, 1.807) is 0 Å². The maximum Gasteiger partial charge on any atom is 0.472 e. The van der Waals surface area contributed by atoms with Crippen molar-refractivity contribution in [2.24, 2.45) is 0 Å². The number of hydrogen-bond donors (Lipinski definition) is 4. The molecule has 0 fully saturated rings. The molecular weight excluding hydrogens is 709 g/mol. The van der Waals surface area contributed by atoms with Gasteiger partial charge in [-0.05, 0) is 38.5 Å². The molecule has 0 heterocycles. The van der Waals surface area contributed by atoms with Crippen LogP contribution in [0.25, 0.3) is 0 Å². The fraction of sp³-hybridized carbons (Fsp3) is 0.881. The normalized spacial score (nSPS) is 13.9. The third kappa shape index (κ3) is 37.2. The lowest BCUT2D eigenvalue weighted by molar-refractivity contribution is -0.147. The molecule has 0 bridgehead atoms. The highest BCUT2D eigenvalue weighted by Crippen LogP contribution is 2.43. The molecule has 0 aliphatic heterocycles. The van der Waals surface area contributed by atoms with Crippen molar-refractivity contribution in [2.75, 3.05) is 19.8 Å². The zero-order valence-electron chi connectivity index (χ0n) is 34.3. The number of amides is 1. The van der Waals surface area contributed by atoms with E-state index in [2.05, 4.69) is 31.3 Å². The third-order valence-corrected chi connectivity index (χ3v) is 10.5. The molecule has 0 aromatic carbocycles. The van der Waals surface area contributed by atoms with Gasteiger partial charge in [-0.1, -0.05) is 167 Å². The number of hydrogen-bond acceptors (Lipinski definition) is 8. The van der Waals surface area contributed by atoms with Crippen LogP contribution in [0.1, 0.15) is 206 Å². The Bertz CT molecular complexity index is 979. The summed E-state index contributed by atoms with van der Waals surface area (Å²) in [5.41, 5.74) is 0. The lowest BCUT2D eigenvalue weighted by Crippen LogP contribution is -2.43. The number of aliphatic hydroxyl groups is 1. The number of aliphatic carboxylic acids is 1. The highest BCUT2D eigenvalue weighted by Gasteiger charge is 2.28. The predicted molar refractivity (Wildman–Crippen MR) is 217 cm³/mol. The van der Waals surface area contributed by atoms with Crippen molar-refractivity contribution in [1.29, 1.82) is 0 Å². The van der Waals surface area contributed by atoms with E-state index >= 15 is 0 Å². The van der Waals surface area contributed by atoms with Gasteiger partial charge in [0, 0.05) is 12.8 Å². The number of rotatable bonds is 41. The molecule has 0 aromatic rings. The predicted octanol–water partition coefficient (Wildman–Crippen LogP) is 10.9. The smallest absolute Gasteiger partial charge is 0.472 e. The summed E-state index contributed by atoms with van der Waals surface area (Å²) in [4.78, 5) is 45.8. The first kappa shape index (κ1) is 52.2. The number of unbranched alkanes of at least 4 members (excludes halogenated alkanes) is 25. The van der Waals surface area contributed by atoms with Crippen LogP contribution in [0.4, 0.5) is 0 Å². The molecule has 0 spiro atoms. The molecule has 12 heteroatoms. The van der Waals surface area contributed by atoms with E-state index in [1.807, 2.05) is 0 Å². The van der Waals surface area contributed by atoms with E-state index in [0.29, 0.717) is 12.8 Å². The van der Waals surface area contributed by atoms with Crippen LogP contribution < -0.4 is 5.32 Å². The molecule has 3 unspecified atom stereocenters. The average Bonchev–Trinajstić information content (AvgIpc) is 3.14. The van der Waals surface area contributed by atoms with Crippen molar-refractivity contribution < 1.29 is 47.8 Å². The van der Waals surface area contributed by atoms with Crippen LogP contribution in [0.5, 0.6) is 0 Å². The van der Waals surface area contributed by atoms with Crippen LogP contribution in [-0.4, -0.2) is 64.9 Å². The topological polar surface area (TPSA) is 169 Å². The van der Waals surface area contributed by atoms with Gasteiger partial charge >= 0.3 is 19.8 Å². The molecule has 0 aromatic heterocycles. The Kier molecular flexibility index (Phi) is 36.9. The van der Waals surface area contributed by atoms with E-state index in [9.17, 15) is 34.1 Å². The second-order valence-corrected chi connectivity index (χ2v) is 16.3. The number of allylic oxidation sites excluding steroid dienone is 2. The summed E-state index contributed by atoms with van der Waals surface area (Å²) in [6.07, 6.45) is 36.6. The molecule has 318 valence electrons. The summed E-state index contributed by atoms with van der Waals surface area (Å²) < 4.78 is 26.8. The van der Waals surface area contributed by atoms with Crippen LogP contribution in [0, 0.1) is 0 Å². The third-order valence-electron chi connectivity index (χ3n) is 9.55. The van der Waals surface area contributed by atoms with Crippen LogP contribution in [0.3, 0.4) is 0 Å². The number of carboxylic acid groups (broad SMARTS) is 1. The molecule has 0 rings (SSSR count). The van der Waals surface area contributed by atoms with Crippen LogP contribution in [-0.2, 0) is 32.7 Å². The molecule has 0 aliphatic rings. The molecule has 0 radical (unpaired) electrons. The van der Waals surface area contributed by atoms with E-state index in [4.69, 9.17) is 13.8 Å². The van der Waals surface area contributed by atoms with Crippen molar-refractivity contribution in [3.63, 3.8) is 0 Å². The number of esters is 1. The molecular formula is C42H80NO10P. The SMILES string of the molecule is CCCCCCCCC/C=C\CCCCCCCCCC(=O)NC(COP(=O)(O)OCC(O)COC(=O)CCCCCCCCCCCCCC)C(=O)O. The Hall–Kier alpha value is -1.78. The minimum atomic E-state index is -4.75. The van der Waals surface area contributed by atoms with E-state index in [-0.39, 0.29) is 12.8 Å². The van der Waals surface area contributed by atoms with Gasteiger partial charge in [0.2, 0.25) is 5.91 Å². The summed E-state index contributed by atoms with van der Waals surface area (Å²) in [7, 11) is -4.75. The molecule has 54 heavy (non-hydrogen) atoms. The molecule has 1 amide bonds. The number of carboxylic acids is 1. The fourth-order valence-electron chi connectivity index (χ4n) is 6.13. The van der Waals surface area contributed by atoms with Gasteiger partial charge in [-0.3, -0.25) is 18.6 Å². The van der Waals surface area contributed by atoms with Crippen LogP contribution >= 0.6 is 7.82 Å². The van der Waals surface area contributed by atoms with Crippen molar-refractivity contribution >= 4 is 25.7 Å². The standard InChI is InChI=1S/C42H80NO10P/c1-3-5-7-9-11-13-15-17-18-19-20-21-22-23-25-27-29-31-33-40(45)43-39(42(47)48)37-53-54(49,50)52-36-38(44)35-51-41(46)34-32-30-28-26-24-16-14-12-10-8-6-4-2/h18-19,38-39,44H,3-17,20-37H2,1-2H3,(H,43,45)(H,47,48)(H,49,50)/b19-18-. The van der Waals surface area contributed by atoms with E-state index in [0.717, 1.165) is 51.4 Å². The molecule has 0 saturated heterocycles. The summed E-state index contributed by atoms with van der Waals surface area (Å²) in [5.74, 6) is -2.37. The van der Waals surface area contributed by atoms with Crippen LogP contribution in [0.15, 0.2) is 12.2 Å². The maximum absolute atomic E-state index is 12.3. The fourth-order valence-corrected chi connectivity index (χ4v) is 6.91. The monoisotopic (exact) mass is 790 g/mol. The number of phosphoric ester groups is 1. The first-order valence-electron chi connectivity index (χ1n) is 21.7. The second-order valence-electron chi connectivity index (χ2n) is 14.9. The highest BCUT2D eigenvalue weighted by atomic mass is 31.2. The summed E-state index contributed by atoms with van der Waals surface area (Å²) in [6.45, 7) is 2.59. The Labute approximate surface area is 328 Å². The molecule has 0 aliphatic carbocycles. The first-order chi connectivity index (χ1) is 26.1. The zero-order chi connectivity index (χ0) is 40.0. The Morgan fingerprint density at radius 2 is 0.963 bits per heavy atom. The number of ether oxygens (including phenoxy) is 1. The average molecular weight is 790 g/mol. The van der Waals surface area contributed by atoms with Crippen LogP contribution in [0.2, 0.25) is 0 Å². The van der Waals surface area contributed by atoms with Gasteiger partial charge in [0.15, 0.2) is 6.04 Å². The van der Waals surface area contributed by atoms with Gasteiger partial charge in [0.25, 0.3) is 0 Å². The van der Waals surface area contributed by atoms with Crippen molar-refractivity contribution in [3.8, 4) is 0 Å². The second kappa shape index (κ2) is 38.1. The summed E-state index contributed by atoms with van der Waals surface area (Å²) >= 11 is 0. The molecule has 11 nitrogen and oxygen atoms in total. The van der Waals surface area contributed by atoms with Gasteiger partial charge < -0.3 is 25.2 Å². The Balaban J connectivity index is 3.90. The summed E-state index contributed by atoms with van der Waals surface area (Å²) in [5, 5.41) is 21.8. The minimum Gasteiger partial charge on any atom is -0.480 e. The van der Waals surface area contributed by atoms with Crippen molar-refractivity contribution in [1.82, 2.24) is 5.32 Å². The van der Waals surface area contributed by atoms with Gasteiger partial charge in [-0.15, -0.1) is 0 Å².